The van der Waals surface area contributed by atoms with Gasteiger partial charge < -0.3 is 14.6 Å². The highest BCUT2D eigenvalue weighted by Gasteiger charge is 2.29. The molecule has 0 saturated carbocycles. The minimum atomic E-state index is -0.220. The number of anilines is 1. The van der Waals surface area contributed by atoms with Gasteiger partial charge >= 0.3 is 0 Å². The van der Waals surface area contributed by atoms with Crippen LogP contribution in [0.3, 0.4) is 0 Å². The van der Waals surface area contributed by atoms with Crippen molar-refractivity contribution < 1.29 is 14.0 Å². The summed E-state index contributed by atoms with van der Waals surface area (Å²) >= 11 is 0. The molecule has 1 saturated heterocycles. The second kappa shape index (κ2) is 6.64. The van der Waals surface area contributed by atoms with E-state index in [-0.39, 0.29) is 17.7 Å². The van der Waals surface area contributed by atoms with Crippen LogP contribution < -0.4 is 5.32 Å². The van der Waals surface area contributed by atoms with Crippen molar-refractivity contribution in [2.45, 2.75) is 19.8 Å². The molecule has 0 radical (unpaired) electrons. The fraction of sp³-hybridized carbons (Fsp3) is 0.353. The van der Waals surface area contributed by atoms with E-state index in [9.17, 15) is 9.59 Å². The molecule has 0 aromatic carbocycles. The first-order chi connectivity index (χ1) is 11.1. The lowest BCUT2D eigenvalue weighted by molar-refractivity contribution is -0.121. The molecule has 1 N–H and O–H groups in total. The van der Waals surface area contributed by atoms with Gasteiger partial charge in [0.05, 0.1) is 17.7 Å². The number of aromatic nitrogens is 1. The number of rotatable bonds is 3. The SMILES string of the molecule is Cc1ccc(NC(=O)C2CCCN(C(=O)c3ccoc3)C2)nc1. The van der Waals surface area contributed by atoms with Crippen molar-refractivity contribution in [3.8, 4) is 0 Å². The molecule has 1 fully saturated rings. The number of piperidine rings is 1. The molecule has 1 atom stereocenters. The molecule has 0 aliphatic carbocycles. The number of likely N-dealkylation sites (tertiary alicyclic amines) is 1. The summed E-state index contributed by atoms with van der Waals surface area (Å²) < 4.78 is 4.95. The van der Waals surface area contributed by atoms with Crippen molar-refractivity contribution >= 4 is 17.6 Å². The normalized spacial score (nSPS) is 17.8. The lowest BCUT2D eigenvalue weighted by Crippen LogP contribution is -2.43. The van der Waals surface area contributed by atoms with E-state index in [0.717, 1.165) is 18.4 Å². The largest absolute Gasteiger partial charge is 0.472 e. The van der Waals surface area contributed by atoms with Gasteiger partial charge in [0.25, 0.3) is 5.91 Å². The Labute approximate surface area is 134 Å². The number of pyridine rings is 1. The number of carbonyl (C=O) groups excluding carboxylic acids is 2. The van der Waals surface area contributed by atoms with Crippen molar-refractivity contribution in [3.05, 3.63) is 48.0 Å². The molecule has 3 heterocycles. The Kier molecular flexibility index (Phi) is 4.41. The predicted octanol–water partition coefficient (Wildman–Crippen LogP) is 2.47. The average Bonchev–Trinajstić information content (AvgIpc) is 3.11. The molecular formula is C17H19N3O3. The van der Waals surface area contributed by atoms with Gasteiger partial charge in [0.1, 0.15) is 12.1 Å². The third kappa shape index (κ3) is 3.59. The first-order valence-corrected chi connectivity index (χ1v) is 7.68. The summed E-state index contributed by atoms with van der Waals surface area (Å²) in [6.45, 7) is 3.03. The van der Waals surface area contributed by atoms with Gasteiger partial charge in [-0.05, 0) is 37.5 Å². The average molecular weight is 313 g/mol. The van der Waals surface area contributed by atoms with Crippen molar-refractivity contribution in [3.63, 3.8) is 0 Å². The molecular weight excluding hydrogens is 294 g/mol. The molecule has 2 aromatic rings. The molecule has 6 heteroatoms. The first kappa shape index (κ1) is 15.3. The minimum Gasteiger partial charge on any atom is -0.472 e. The summed E-state index contributed by atoms with van der Waals surface area (Å²) in [5.41, 5.74) is 1.56. The zero-order valence-electron chi connectivity index (χ0n) is 13.0. The molecule has 0 bridgehead atoms. The number of carbonyl (C=O) groups is 2. The van der Waals surface area contributed by atoms with Gasteiger partial charge in [-0.2, -0.15) is 0 Å². The maximum absolute atomic E-state index is 12.4. The summed E-state index contributed by atoms with van der Waals surface area (Å²) in [6, 6.07) is 5.32. The molecule has 23 heavy (non-hydrogen) atoms. The van der Waals surface area contributed by atoms with Gasteiger partial charge in [0.15, 0.2) is 0 Å². The Morgan fingerprint density at radius 2 is 2.22 bits per heavy atom. The van der Waals surface area contributed by atoms with Crippen LogP contribution in [0.15, 0.2) is 41.3 Å². The van der Waals surface area contributed by atoms with E-state index < -0.39 is 0 Å². The van der Waals surface area contributed by atoms with Crippen molar-refractivity contribution in [1.29, 1.82) is 0 Å². The highest BCUT2D eigenvalue weighted by molar-refractivity contribution is 5.95. The fourth-order valence-electron chi connectivity index (χ4n) is 2.71. The van der Waals surface area contributed by atoms with Crippen molar-refractivity contribution in [2.24, 2.45) is 5.92 Å². The van der Waals surface area contributed by atoms with Crippen LogP contribution in [0, 0.1) is 12.8 Å². The Morgan fingerprint density at radius 3 is 2.91 bits per heavy atom. The highest BCUT2D eigenvalue weighted by atomic mass is 16.3. The Balaban J connectivity index is 1.62. The third-order valence-electron chi connectivity index (χ3n) is 4.01. The van der Waals surface area contributed by atoms with E-state index in [4.69, 9.17) is 4.42 Å². The van der Waals surface area contributed by atoms with E-state index in [0.29, 0.717) is 24.5 Å². The maximum atomic E-state index is 12.4. The van der Waals surface area contributed by atoms with E-state index in [1.165, 1.54) is 12.5 Å². The number of aryl methyl sites for hydroxylation is 1. The number of furan rings is 1. The zero-order chi connectivity index (χ0) is 16.2. The van der Waals surface area contributed by atoms with Crippen LogP contribution in [0.4, 0.5) is 5.82 Å². The molecule has 2 amide bonds. The molecule has 6 nitrogen and oxygen atoms in total. The molecule has 1 aliphatic heterocycles. The van der Waals surface area contributed by atoms with E-state index in [1.54, 1.807) is 23.2 Å². The lowest BCUT2D eigenvalue weighted by Gasteiger charge is -2.31. The van der Waals surface area contributed by atoms with Crippen LogP contribution >= 0.6 is 0 Å². The van der Waals surface area contributed by atoms with Crippen LogP contribution in [-0.4, -0.2) is 34.8 Å². The zero-order valence-corrected chi connectivity index (χ0v) is 13.0. The van der Waals surface area contributed by atoms with Crippen LogP contribution in [0.5, 0.6) is 0 Å². The number of amides is 2. The van der Waals surface area contributed by atoms with Crippen LogP contribution in [-0.2, 0) is 4.79 Å². The van der Waals surface area contributed by atoms with Gasteiger partial charge in [0, 0.05) is 19.3 Å². The van der Waals surface area contributed by atoms with Crippen LogP contribution in [0.25, 0.3) is 0 Å². The smallest absolute Gasteiger partial charge is 0.257 e. The lowest BCUT2D eigenvalue weighted by atomic mass is 9.96. The quantitative estimate of drug-likeness (QED) is 0.944. The van der Waals surface area contributed by atoms with Gasteiger partial charge in [-0.3, -0.25) is 9.59 Å². The van der Waals surface area contributed by atoms with Gasteiger partial charge in [-0.1, -0.05) is 6.07 Å². The summed E-state index contributed by atoms with van der Waals surface area (Å²) in [5, 5.41) is 2.83. The number of hydrogen-bond acceptors (Lipinski definition) is 4. The van der Waals surface area contributed by atoms with Gasteiger partial charge in [-0.25, -0.2) is 4.98 Å². The van der Waals surface area contributed by atoms with Crippen LogP contribution in [0.2, 0.25) is 0 Å². The van der Waals surface area contributed by atoms with E-state index in [2.05, 4.69) is 10.3 Å². The Bertz CT molecular complexity index is 680. The van der Waals surface area contributed by atoms with Gasteiger partial charge in [-0.15, -0.1) is 0 Å². The molecule has 2 aromatic heterocycles. The molecule has 120 valence electrons. The second-order valence-electron chi connectivity index (χ2n) is 5.81. The molecule has 1 aliphatic rings. The topological polar surface area (TPSA) is 75.4 Å². The van der Waals surface area contributed by atoms with E-state index in [1.807, 2.05) is 13.0 Å². The second-order valence-corrected chi connectivity index (χ2v) is 5.81. The third-order valence-corrected chi connectivity index (χ3v) is 4.01. The van der Waals surface area contributed by atoms with Gasteiger partial charge in [0.2, 0.25) is 5.91 Å². The molecule has 1 unspecified atom stereocenters. The molecule has 3 rings (SSSR count). The number of hydrogen-bond donors (Lipinski definition) is 1. The summed E-state index contributed by atoms with van der Waals surface area (Å²) in [4.78, 5) is 30.6. The summed E-state index contributed by atoms with van der Waals surface area (Å²) in [5.74, 6) is 0.136. The van der Waals surface area contributed by atoms with Crippen molar-refractivity contribution in [2.75, 3.05) is 18.4 Å². The standard InChI is InChI=1S/C17H19N3O3/c1-12-4-5-15(18-9-12)19-16(21)13-3-2-7-20(10-13)17(22)14-6-8-23-11-14/h4-6,8-9,11,13H,2-3,7,10H2,1H3,(H,18,19,21). The molecule has 0 spiro atoms. The predicted molar refractivity (Wildman–Crippen MR) is 84.9 cm³/mol. The van der Waals surface area contributed by atoms with E-state index >= 15 is 0 Å². The summed E-state index contributed by atoms with van der Waals surface area (Å²) in [7, 11) is 0. The van der Waals surface area contributed by atoms with Crippen LogP contribution in [0.1, 0.15) is 28.8 Å². The Morgan fingerprint density at radius 1 is 1.35 bits per heavy atom. The number of nitrogens with zero attached hydrogens (tertiary/aromatic N) is 2. The summed E-state index contributed by atoms with van der Waals surface area (Å²) in [6.07, 6.45) is 6.20. The maximum Gasteiger partial charge on any atom is 0.257 e. The van der Waals surface area contributed by atoms with Crippen molar-refractivity contribution in [1.82, 2.24) is 9.88 Å². The fourth-order valence-corrected chi connectivity index (χ4v) is 2.71. The highest BCUT2D eigenvalue weighted by Crippen LogP contribution is 2.20. The Hall–Kier alpha value is -2.63. The monoisotopic (exact) mass is 313 g/mol. The number of nitrogens with one attached hydrogen (secondary N) is 1. The minimum absolute atomic E-state index is 0.0916. The first-order valence-electron chi connectivity index (χ1n) is 7.68.